The molecule has 0 amide bonds. The van der Waals surface area contributed by atoms with Gasteiger partial charge in [-0.2, -0.15) is 8.78 Å². The summed E-state index contributed by atoms with van der Waals surface area (Å²) in [6.07, 6.45) is 4.18. The summed E-state index contributed by atoms with van der Waals surface area (Å²) in [5, 5.41) is 4.03. The van der Waals surface area contributed by atoms with E-state index < -0.39 is 18.2 Å². The summed E-state index contributed by atoms with van der Waals surface area (Å²) in [4.78, 5) is 8.10. The SMILES string of the molecule is Fc1cc(OC2CC(NCc3c(F)ccc4cncnc34)C2)ccc1OC(F)F. The molecular weight excluding hydrogens is 390 g/mol. The van der Waals surface area contributed by atoms with Crippen molar-refractivity contribution in [3.05, 3.63) is 60.1 Å². The third-order valence-corrected chi connectivity index (χ3v) is 4.81. The molecule has 1 aliphatic carbocycles. The first-order chi connectivity index (χ1) is 14.0. The number of nitrogens with one attached hydrogen (secondary N) is 1. The number of ether oxygens (including phenoxy) is 2. The van der Waals surface area contributed by atoms with Crippen LogP contribution < -0.4 is 14.8 Å². The molecule has 1 saturated carbocycles. The van der Waals surface area contributed by atoms with Gasteiger partial charge in [-0.1, -0.05) is 0 Å². The Labute approximate surface area is 163 Å². The third kappa shape index (κ3) is 4.40. The van der Waals surface area contributed by atoms with Gasteiger partial charge in [-0.25, -0.2) is 18.7 Å². The highest BCUT2D eigenvalue weighted by atomic mass is 19.3. The Bertz CT molecular complexity index is 1010. The van der Waals surface area contributed by atoms with Gasteiger partial charge in [-0.15, -0.1) is 0 Å². The number of halogens is 4. The lowest BCUT2D eigenvalue weighted by Gasteiger charge is -2.36. The van der Waals surface area contributed by atoms with Crippen molar-refractivity contribution in [2.24, 2.45) is 0 Å². The van der Waals surface area contributed by atoms with Gasteiger partial charge >= 0.3 is 6.61 Å². The molecule has 9 heteroatoms. The van der Waals surface area contributed by atoms with Gasteiger partial charge in [0, 0.05) is 35.8 Å². The molecule has 0 aliphatic heterocycles. The molecule has 1 aliphatic rings. The largest absolute Gasteiger partial charge is 0.490 e. The predicted octanol–water partition coefficient (Wildman–Crippen LogP) is 4.21. The van der Waals surface area contributed by atoms with Crippen LogP contribution in [0.15, 0.2) is 42.9 Å². The van der Waals surface area contributed by atoms with E-state index in [0.29, 0.717) is 30.5 Å². The van der Waals surface area contributed by atoms with Gasteiger partial charge in [0.1, 0.15) is 24.0 Å². The van der Waals surface area contributed by atoms with Crippen molar-refractivity contribution >= 4 is 10.9 Å². The molecule has 0 saturated heterocycles. The van der Waals surface area contributed by atoms with Crippen molar-refractivity contribution in [1.82, 2.24) is 15.3 Å². The average Bonchev–Trinajstić information content (AvgIpc) is 2.66. The molecule has 0 spiro atoms. The Morgan fingerprint density at radius 3 is 2.69 bits per heavy atom. The van der Waals surface area contributed by atoms with Crippen LogP contribution in [0.4, 0.5) is 17.6 Å². The van der Waals surface area contributed by atoms with Gasteiger partial charge in [0.25, 0.3) is 0 Å². The highest BCUT2D eigenvalue weighted by Crippen LogP contribution is 2.30. The molecule has 4 rings (SSSR count). The topological polar surface area (TPSA) is 56.3 Å². The summed E-state index contributed by atoms with van der Waals surface area (Å²) < 4.78 is 62.0. The van der Waals surface area contributed by atoms with Crippen LogP contribution in [-0.2, 0) is 6.54 Å². The van der Waals surface area contributed by atoms with E-state index in [1.807, 2.05) is 0 Å². The van der Waals surface area contributed by atoms with Gasteiger partial charge in [-0.05, 0) is 37.1 Å². The van der Waals surface area contributed by atoms with Crippen LogP contribution in [0.2, 0.25) is 0 Å². The van der Waals surface area contributed by atoms with Crippen molar-refractivity contribution in [2.45, 2.75) is 38.1 Å². The fourth-order valence-electron chi connectivity index (χ4n) is 3.27. The second kappa shape index (κ2) is 8.20. The maximum atomic E-state index is 14.2. The Hall–Kier alpha value is -2.94. The molecule has 3 aromatic rings. The first kappa shape index (κ1) is 19.4. The van der Waals surface area contributed by atoms with Gasteiger partial charge in [0.2, 0.25) is 0 Å². The first-order valence-electron chi connectivity index (χ1n) is 9.01. The van der Waals surface area contributed by atoms with Gasteiger partial charge in [-0.3, -0.25) is 0 Å². The molecule has 1 aromatic heterocycles. The predicted molar refractivity (Wildman–Crippen MR) is 96.8 cm³/mol. The molecule has 0 unspecified atom stereocenters. The number of nitrogens with zero attached hydrogens (tertiary/aromatic N) is 2. The number of hydrogen-bond acceptors (Lipinski definition) is 5. The van der Waals surface area contributed by atoms with Crippen molar-refractivity contribution in [1.29, 1.82) is 0 Å². The molecule has 29 heavy (non-hydrogen) atoms. The van der Waals surface area contributed by atoms with E-state index in [-0.39, 0.29) is 23.7 Å². The number of aromatic nitrogens is 2. The van der Waals surface area contributed by atoms with E-state index in [0.717, 1.165) is 17.5 Å². The van der Waals surface area contributed by atoms with Crippen LogP contribution >= 0.6 is 0 Å². The standard InChI is InChI=1S/C20H17F4N3O2/c21-16-3-1-11-8-25-10-27-19(11)15(16)9-26-12-5-14(6-12)28-13-2-4-18(17(22)7-13)29-20(23)24/h1-4,7-8,10,12,14,20,26H,5-6,9H2. The zero-order chi connectivity index (χ0) is 20.4. The van der Waals surface area contributed by atoms with Crippen molar-refractivity contribution in [2.75, 3.05) is 0 Å². The van der Waals surface area contributed by atoms with Crippen molar-refractivity contribution in [3.63, 3.8) is 0 Å². The van der Waals surface area contributed by atoms with Crippen LogP contribution in [0.3, 0.4) is 0 Å². The lowest BCUT2D eigenvalue weighted by atomic mass is 9.89. The van der Waals surface area contributed by atoms with Gasteiger partial charge < -0.3 is 14.8 Å². The molecular formula is C20H17F4N3O2. The van der Waals surface area contributed by atoms with E-state index in [4.69, 9.17) is 4.74 Å². The van der Waals surface area contributed by atoms with Crippen LogP contribution in [0, 0.1) is 11.6 Å². The summed E-state index contributed by atoms with van der Waals surface area (Å²) in [6.45, 7) is -2.78. The molecule has 0 radical (unpaired) electrons. The molecule has 1 fully saturated rings. The van der Waals surface area contributed by atoms with Crippen LogP contribution in [0.25, 0.3) is 10.9 Å². The highest BCUT2D eigenvalue weighted by molar-refractivity contribution is 5.80. The smallest absolute Gasteiger partial charge is 0.387 e. The fourth-order valence-corrected chi connectivity index (χ4v) is 3.27. The summed E-state index contributed by atoms with van der Waals surface area (Å²) in [7, 11) is 0. The molecule has 152 valence electrons. The quantitative estimate of drug-likeness (QED) is 0.595. The number of alkyl halides is 2. The number of benzene rings is 2. The second-order valence-corrected chi connectivity index (χ2v) is 6.75. The van der Waals surface area contributed by atoms with Crippen molar-refractivity contribution < 1.29 is 27.0 Å². The monoisotopic (exact) mass is 407 g/mol. The summed E-state index contributed by atoms with van der Waals surface area (Å²) in [5.41, 5.74) is 1.05. The zero-order valence-electron chi connectivity index (χ0n) is 15.1. The van der Waals surface area contributed by atoms with E-state index in [1.165, 1.54) is 18.5 Å². The van der Waals surface area contributed by atoms with Gasteiger partial charge in [0.05, 0.1) is 5.52 Å². The Morgan fingerprint density at radius 2 is 1.93 bits per heavy atom. The Kier molecular flexibility index (Phi) is 5.48. The van der Waals surface area contributed by atoms with Crippen molar-refractivity contribution in [3.8, 4) is 11.5 Å². The highest BCUT2D eigenvalue weighted by Gasteiger charge is 2.31. The molecule has 5 nitrogen and oxygen atoms in total. The van der Waals surface area contributed by atoms with Crippen LogP contribution in [0.1, 0.15) is 18.4 Å². The maximum absolute atomic E-state index is 14.2. The van der Waals surface area contributed by atoms with E-state index >= 15 is 0 Å². The number of hydrogen-bond donors (Lipinski definition) is 1. The normalized spacial score (nSPS) is 18.7. The van der Waals surface area contributed by atoms with Crippen LogP contribution in [-0.4, -0.2) is 28.7 Å². The number of fused-ring (bicyclic) bond motifs is 1. The lowest BCUT2D eigenvalue weighted by molar-refractivity contribution is -0.0522. The second-order valence-electron chi connectivity index (χ2n) is 6.75. The minimum atomic E-state index is -3.09. The van der Waals surface area contributed by atoms with E-state index in [1.54, 1.807) is 12.3 Å². The summed E-state index contributed by atoms with van der Waals surface area (Å²) >= 11 is 0. The minimum absolute atomic E-state index is 0.114. The molecule has 0 bridgehead atoms. The summed E-state index contributed by atoms with van der Waals surface area (Å²) in [5.74, 6) is -1.53. The molecule has 1 N–H and O–H groups in total. The Morgan fingerprint density at radius 1 is 1.10 bits per heavy atom. The van der Waals surface area contributed by atoms with E-state index in [2.05, 4.69) is 20.0 Å². The number of rotatable bonds is 7. The minimum Gasteiger partial charge on any atom is -0.490 e. The molecule has 0 atom stereocenters. The third-order valence-electron chi connectivity index (χ3n) is 4.81. The maximum Gasteiger partial charge on any atom is 0.387 e. The molecule has 2 aromatic carbocycles. The van der Waals surface area contributed by atoms with Crippen LogP contribution in [0.5, 0.6) is 11.5 Å². The average molecular weight is 407 g/mol. The van der Waals surface area contributed by atoms with Gasteiger partial charge in [0.15, 0.2) is 11.6 Å². The molecule has 1 heterocycles. The first-order valence-corrected chi connectivity index (χ1v) is 9.01. The fraction of sp³-hybridized carbons (Fsp3) is 0.300. The zero-order valence-corrected chi connectivity index (χ0v) is 15.1. The summed E-state index contributed by atoms with van der Waals surface area (Å²) in [6, 6.07) is 6.65. The lowest BCUT2D eigenvalue weighted by Crippen LogP contribution is -2.46. The Balaban J connectivity index is 1.30. The van der Waals surface area contributed by atoms with E-state index in [9.17, 15) is 17.6 Å².